The maximum atomic E-state index is 14.7. The van der Waals surface area contributed by atoms with Crippen LogP contribution in [-0.2, 0) is 36.4 Å². The van der Waals surface area contributed by atoms with Crippen LogP contribution in [0.15, 0.2) is 60.7 Å². The molecule has 1 N–H and O–H groups in total. The Labute approximate surface area is 262 Å². The molecule has 0 amide bonds. The van der Waals surface area contributed by atoms with Crippen LogP contribution < -0.4 is 0 Å². The molecular weight excluding hydrogens is 625 g/mol. The first kappa shape index (κ1) is 36.9. The van der Waals surface area contributed by atoms with Gasteiger partial charge in [0, 0.05) is 13.1 Å². The monoisotopic (exact) mass is 661 g/mol. The molecule has 0 saturated heterocycles. The van der Waals surface area contributed by atoms with Crippen LogP contribution in [0.4, 0.5) is 39.5 Å². The quantitative estimate of drug-likeness (QED) is 0.196. The van der Waals surface area contributed by atoms with Gasteiger partial charge in [0.25, 0.3) is 0 Å². The molecular formula is C34H36F9NO2. The Kier molecular flexibility index (Phi) is 11.6. The average Bonchev–Trinajstić information content (AvgIpc) is 2.92. The second-order valence-corrected chi connectivity index (χ2v) is 12.3. The topological polar surface area (TPSA) is 40.5 Å². The van der Waals surface area contributed by atoms with Gasteiger partial charge >= 0.3 is 24.5 Å². The molecule has 0 aliphatic heterocycles. The van der Waals surface area contributed by atoms with E-state index >= 15 is 0 Å². The number of rotatable bonds is 12. The molecule has 0 bridgehead atoms. The van der Waals surface area contributed by atoms with Crippen molar-refractivity contribution in [2.45, 2.75) is 78.1 Å². The molecule has 0 aliphatic rings. The van der Waals surface area contributed by atoms with Crippen molar-refractivity contribution in [3.63, 3.8) is 0 Å². The fraction of sp³-hybridized carbons (Fsp3) is 0.441. The lowest BCUT2D eigenvalue weighted by atomic mass is 9.82. The van der Waals surface area contributed by atoms with Gasteiger partial charge in [0.05, 0.1) is 22.6 Å². The lowest BCUT2D eigenvalue weighted by Gasteiger charge is -2.28. The highest BCUT2D eigenvalue weighted by molar-refractivity contribution is 5.80. The van der Waals surface area contributed by atoms with E-state index in [1.165, 1.54) is 30.3 Å². The number of benzene rings is 3. The van der Waals surface area contributed by atoms with Crippen molar-refractivity contribution >= 4 is 5.97 Å². The van der Waals surface area contributed by atoms with Crippen LogP contribution in [-0.4, -0.2) is 22.5 Å². The number of alkyl halides is 9. The third-order valence-electron chi connectivity index (χ3n) is 7.46. The SMILES string of the molecule is CC(C)CCN(Cc1cc(C(F)(F)F)cc(C(F)(F)F)c1)Cc1cc(-c2ccccc2)c(C(F)(F)F)c(C(CC(C)C)C(=O)O)c1. The van der Waals surface area contributed by atoms with Crippen LogP contribution >= 0.6 is 0 Å². The van der Waals surface area contributed by atoms with Crippen LogP contribution in [0.25, 0.3) is 11.1 Å². The van der Waals surface area contributed by atoms with E-state index in [1.807, 2.05) is 13.8 Å². The molecule has 0 saturated carbocycles. The predicted molar refractivity (Wildman–Crippen MR) is 157 cm³/mol. The number of carboxylic acids is 1. The third-order valence-corrected chi connectivity index (χ3v) is 7.46. The highest BCUT2D eigenvalue weighted by atomic mass is 19.4. The number of hydrogen-bond acceptors (Lipinski definition) is 2. The summed E-state index contributed by atoms with van der Waals surface area (Å²) in [6.07, 6.45) is -14.7. The lowest BCUT2D eigenvalue weighted by molar-refractivity contribution is -0.144. The summed E-state index contributed by atoms with van der Waals surface area (Å²) in [5, 5.41) is 10.1. The maximum Gasteiger partial charge on any atom is 0.417 e. The average molecular weight is 662 g/mol. The highest BCUT2D eigenvalue weighted by Gasteiger charge is 2.41. The summed E-state index contributed by atoms with van der Waals surface area (Å²) < 4.78 is 126. The molecule has 3 aromatic rings. The Hall–Kier alpha value is -3.54. The molecule has 0 aromatic heterocycles. The minimum absolute atomic E-state index is 0.0387. The molecule has 0 heterocycles. The van der Waals surface area contributed by atoms with Crippen molar-refractivity contribution in [3.8, 4) is 11.1 Å². The second-order valence-electron chi connectivity index (χ2n) is 12.3. The molecule has 252 valence electrons. The van der Waals surface area contributed by atoms with E-state index in [2.05, 4.69) is 0 Å². The Balaban J connectivity index is 2.24. The second kappa shape index (κ2) is 14.5. The number of halogens is 9. The van der Waals surface area contributed by atoms with E-state index in [0.717, 1.165) is 6.07 Å². The summed E-state index contributed by atoms with van der Waals surface area (Å²) in [4.78, 5) is 13.9. The van der Waals surface area contributed by atoms with Gasteiger partial charge in [-0.05, 0) is 83.3 Å². The normalized spacial score (nSPS) is 13.6. The molecule has 1 atom stereocenters. The lowest BCUT2D eigenvalue weighted by Crippen LogP contribution is -2.26. The van der Waals surface area contributed by atoms with Crippen LogP contribution in [0.5, 0.6) is 0 Å². The molecule has 1 unspecified atom stereocenters. The summed E-state index contributed by atoms with van der Waals surface area (Å²) in [6, 6.07) is 11.3. The Morgan fingerprint density at radius 1 is 0.717 bits per heavy atom. The van der Waals surface area contributed by atoms with Crippen LogP contribution in [0.1, 0.15) is 79.8 Å². The number of carbonyl (C=O) groups is 1. The van der Waals surface area contributed by atoms with Gasteiger partial charge in [0.1, 0.15) is 0 Å². The Morgan fingerprint density at radius 2 is 1.24 bits per heavy atom. The maximum absolute atomic E-state index is 14.7. The van der Waals surface area contributed by atoms with E-state index in [-0.39, 0.29) is 66.2 Å². The fourth-order valence-electron chi connectivity index (χ4n) is 5.37. The van der Waals surface area contributed by atoms with Crippen LogP contribution in [0.2, 0.25) is 0 Å². The van der Waals surface area contributed by atoms with Gasteiger partial charge in [-0.3, -0.25) is 9.69 Å². The van der Waals surface area contributed by atoms with E-state index in [4.69, 9.17) is 0 Å². The van der Waals surface area contributed by atoms with Gasteiger partial charge in [-0.25, -0.2) is 0 Å². The van der Waals surface area contributed by atoms with E-state index < -0.39 is 52.7 Å². The van der Waals surface area contributed by atoms with E-state index in [0.29, 0.717) is 18.6 Å². The first-order valence-electron chi connectivity index (χ1n) is 14.7. The van der Waals surface area contributed by atoms with Crippen molar-refractivity contribution in [3.05, 3.63) is 94.0 Å². The summed E-state index contributed by atoms with van der Waals surface area (Å²) in [5.74, 6) is -3.17. The Morgan fingerprint density at radius 3 is 1.67 bits per heavy atom. The minimum Gasteiger partial charge on any atom is -0.481 e. The fourth-order valence-corrected chi connectivity index (χ4v) is 5.37. The zero-order valence-corrected chi connectivity index (χ0v) is 25.7. The van der Waals surface area contributed by atoms with Crippen molar-refractivity contribution in [2.75, 3.05) is 6.54 Å². The van der Waals surface area contributed by atoms with Gasteiger partial charge in [-0.1, -0.05) is 64.1 Å². The summed E-state index contributed by atoms with van der Waals surface area (Å²) in [7, 11) is 0. The molecule has 0 radical (unpaired) electrons. The van der Waals surface area contributed by atoms with Crippen molar-refractivity contribution in [2.24, 2.45) is 11.8 Å². The van der Waals surface area contributed by atoms with E-state index in [9.17, 15) is 49.4 Å². The third kappa shape index (κ3) is 9.98. The van der Waals surface area contributed by atoms with Crippen LogP contribution in [0.3, 0.4) is 0 Å². The summed E-state index contributed by atoms with van der Waals surface area (Å²) in [5.41, 5.74) is -4.62. The molecule has 0 spiro atoms. The minimum atomic E-state index is -5.05. The van der Waals surface area contributed by atoms with E-state index in [1.54, 1.807) is 24.8 Å². The Bertz CT molecular complexity index is 1440. The van der Waals surface area contributed by atoms with Crippen molar-refractivity contribution < 1.29 is 49.4 Å². The molecule has 12 heteroatoms. The van der Waals surface area contributed by atoms with Crippen molar-refractivity contribution in [1.29, 1.82) is 0 Å². The molecule has 3 nitrogen and oxygen atoms in total. The zero-order valence-electron chi connectivity index (χ0n) is 25.7. The van der Waals surface area contributed by atoms with Gasteiger partial charge in [-0.2, -0.15) is 39.5 Å². The number of aliphatic carboxylic acids is 1. The molecule has 46 heavy (non-hydrogen) atoms. The van der Waals surface area contributed by atoms with Gasteiger partial charge in [-0.15, -0.1) is 0 Å². The van der Waals surface area contributed by atoms with Gasteiger partial charge in [0.15, 0.2) is 0 Å². The zero-order chi connectivity index (χ0) is 34.6. The van der Waals surface area contributed by atoms with Crippen molar-refractivity contribution in [1.82, 2.24) is 4.90 Å². The smallest absolute Gasteiger partial charge is 0.417 e. The molecule has 3 aromatic carbocycles. The summed E-state index contributed by atoms with van der Waals surface area (Å²) >= 11 is 0. The predicted octanol–water partition coefficient (Wildman–Crippen LogP) is 10.7. The van der Waals surface area contributed by atoms with Gasteiger partial charge < -0.3 is 5.11 Å². The first-order valence-corrected chi connectivity index (χ1v) is 14.7. The number of hydrogen-bond donors (Lipinski definition) is 1. The standard InChI is InChI=1S/C34H36F9NO2/c1-20(2)10-11-44(18-22-13-25(32(35,36)37)17-26(14-22)33(38,39)40)19-23-15-27(24-8-6-5-7-9-24)30(34(41,42)43)28(16-23)29(31(45)46)12-21(3)4/h5-9,13-17,20-21,29H,10-12,18-19H2,1-4H3,(H,45,46). The molecule has 0 aliphatic carbocycles. The van der Waals surface area contributed by atoms with Crippen LogP contribution in [0, 0.1) is 11.8 Å². The first-order chi connectivity index (χ1) is 21.2. The molecule has 3 rings (SSSR count). The summed E-state index contributed by atoms with van der Waals surface area (Å²) in [6.45, 7) is 6.77. The largest absolute Gasteiger partial charge is 0.481 e. The molecule has 0 fully saturated rings. The number of carboxylic acid groups (broad SMARTS) is 1. The van der Waals surface area contributed by atoms with Gasteiger partial charge in [0.2, 0.25) is 0 Å². The number of nitrogens with zero attached hydrogens (tertiary/aromatic N) is 1. The highest BCUT2D eigenvalue weighted by Crippen LogP contribution is 2.44.